The molecule has 0 saturated carbocycles. The molecule has 0 amide bonds. The number of sulfonamides is 1. The molecule has 1 saturated heterocycles. The second-order valence-corrected chi connectivity index (χ2v) is 7.25. The summed E-state index contributed by atoms with van der Waals surface area (Å²) >= 11 is 11.5. The Morgan fingerprint density at radius 2 is 1.67 bits per heavy atom. The molecule has 0 radical (unpaired) electrons. The van der Waals surface area contributed by atoms with Crippen molar-refractivity contribution < 1.29 is 28.5 Å². The Kier molecular flexibility index (Phi) is 4.48. The van der Waals surface area contributed by atoms with Crippen LogP contribution in [0.4, 0.5) is 0 Å². The third-order valence-electron chi connectivity index (χ3n) is 3.10. The number of aliphatic hydroxyl groups excluding tert-OH is 2. The summed E-state index contributed by atoms with van der Waals surface area (Å²) in [6.07, 6.45) is -2.41. The summed E-state index contributed by atoms with van der Waals surface area (Å²) in [5.74, 6) is -1.39. The standard InChI is InChI=1S/C11H11Cl2NO6S/c12-6-2-7(13)10(1-5(6)11(17)18)21(19,20)14-3-8(15)9(16)4-14/h1-2,8-9,15-16H,3-4H2,(H,17,18)/t8-,9+. The van der Waals surface area contributed by atoms with Crippen LogP contribution in [0, 0.1) is 0 Å². The van der Waals surface area contributed by atoms with Gasteiger partial charge in [-0.3, -0.25) is 0 Å². The van der Waals surface area contributed by atoms with E-state index in [9.17, 15) is 23.4 Å². The molecule has 0 aromatic heterocycles. The summed E-state index contributed by atoms with van der Waals surface area (Å²) in [5.41, 5.74) is -0.403. The van der Waals surface area contributed by atoms with E-state index in [1.54, 1.807) is 0 Å². The minimum absolute atomic E-state index is 0.187. The third kappa shape index (κ3) is 3.01. The van der Waals surface area contributed by atoms with Crippen molar-refractivity contribution in [2.24, 2.45) is 0 Å². The highest BCUT2D eigenvalue weighted by molar-refractivity contribution is 7.89. The van der Waals surface area contributed by atoms with Gasteiger partial charge in [0, 0.05) is 13.1 Å². The first kappa shape index (κ1) is 16.5. The van der Waals surface area contributed by atoms with Crippen molar-refractivity contribution in [2.75, 3.05) is 13.1 Å². The Balaban J connectivity index is 2.50. The zero-order valence-corrected chi connectivity index (χ0v) is 12.7. The molecule has 3 N–H and O–H groups in total. The van der Waals surface area contributed by atoms with Crippen LogP contribution in [0.25, 0.3) is 0 Å². The van der Waals surface area contributed by atoms with Crippen LogP contribution in [-0.4, -0.2) is 59.3 Å². The number of β-amino-alcohol motifs (C(OH)–C–C–N with tert-alkyl or cyclic N) is 2. The fourth-order valence-electron chi connectivity index (χ4n) is 1.96. The van der Waals surface area contributed by atoms with E-state index in [2.05, 4.69) is 0 Å². The van der Waals surface area contributed by atoms with Crippen LogP contribution in [0.2, 0.25) is 10.0 Å². The average Bonchev–Trinajstić information content (AvgIpc) is 2.69. The first-order valence-corrected chi connectivity index (χ1v) is 7.93. The quantitative estimate of drug-likeness (QED) is 0.723. The summed E-state index contributed by atoms with van der Waals surface area (Å²) in [7, 11) is -4.15. The molecule has 10 heteroatoms. The molecule has 0 bridgehead atoms. The third-order valence-corrected chi connectivity index (χ3v) is 5.70. The number of aliphatic hydroxyl groups is 2. The van der Waals surface area contributed by atoms with E-state index in [0.29, 0.717) is 0 Å². The van der Waals surface area contributed by atoms with E-state index < -0.39 is 38.7 Å². The Morgan fingerprint density at radius 3 is 2.14 bits per heavy atom. The van der Waals surface area contributed by atoms with Gasteiger partial charge in [0.1, 0.15) is 4.90 Å². The van der Waals surface area contributed by atoms with Crippen LogP contribution in [-0.2, 0) is 10.0 Å². The fraction of sp³-hybridized carbons (Fsp3) is 0.364. The van der Waals surface area contributed by atoms with Gasteiger partial charge in [0.05, 0.1) is 27.8 Å². The molecule has 0 aliphatic carbocycles. The minimum atomic E-state index is -4.15. The number of rotatable bonds is 3. The monoisotopic (exact) mass is 355 g/mol. The summed E-state index contributed by atoms with van der Waals surface area (Å²) in [5, 5.41) is 27.4. The molecule has 1 aliphatic heterocycles. The maximum Gasteiger partial charge on any atom is 0.337 e. The second-order valence-electron chi connectivity index (χ2n) is 4.52. The van der Waals surface area contributed by atoms with Gasteiger partial charge in [-0.2, -0.15) is 4.31 Å². The molecule has 1 aliphatic rings. The van der Waals surface area contributed by atoms with Crippen molar-refractivity contribution in [2.45, 2.75) is 17.1 Å². The molecule has 7 nitrogen and oxygen atoms in total. The number of halogens is 2. The lowest BCUT2D eigenvalue weighted by molar-refractivity contribution is 0.0572. The summed E-state index contributed by atoms with van der Waals surface area (Å²) < 4.78 is 25.7. The summed E-state index contributed by atoms with van der Waals surface area (Å²) in [6, 6.07) is 1.89. The topological polar surface area (TPSA) is 115 Å². The van der Waals surface area contributed by atoms with E-state index in [4.69, 9.17) is 28.3 Å². The van der Waals surface area contributed by atoms with Crippen molar-refractivity contribution >= 4 is 39.2 Å². The first-order valence-electron chi connectivity index (χ1n) is 5.73. The largest absolute Gasteiger partial charge is 0.478 e. The lowest BCUT2D eigenvalue weighted by atomic mass is 10.2. The van der Waals surface area contributed by atoms with Gasteiger partial charge in [-0.1, -0.05) is 23.2 Å². The normalized spacial score (nSPS) is 23.4. The fourth-order valence-corrected chi connectivity index (χ4v) is 4.27. The lowest BCUT2D eigenvalue weighted by Gasteiger charge is -2.17. The van der Waals surface area contributed by atoms with Crippen LogP contribution >= 0.6 is 23.2 Å². The molecule has 1 aromatic carbocycles. The highest BCUT2D eigenvalue weighted by atomic mass is 35.5. The van der Waals surface area contributed by atoms with Gasteiger partial charge >= 0.3 is 5.97 Å². The van der Waals surface area contributed by atoms with E-state index in [0.717, 1.165) is 16.4 Å². The van der Waals surface area contributed by atoms with Gasteiger partial charge in [0.15, 0.2) is 0 Å². The number of aromatic carboxylic acids is 1. The Bertz CT molecular complexity index is 682. The van der Waals surface area contributed by atoms with E-state index in [1.165, 1.54) is 0 Å². The van der Waals surface area contributed by atoms with Crippen LogP contribution in [0.1, 0.15) is 10.4 Å². The van der Waals surface area contributed by atoms with Crippen molar-refractivity contribution in [1.82, 2.24) is 4.31 Å². The number of carboxylic acids is 1. The maximum absolute atomic E-state index is 12.4. The minimum Gasteiger partial charge on any atom is -0.478 e. The second kappa shape index (κ2) is 5.71. The predicted molar refractivity (Wildman–Crippen MR) is 74.2 cm³/mol. The smallest absolute Gasteiger partial charge is 0.337 e. The number of carboxylic acid groups (broad SMARTS) is 1. The molecule has 2 rings (SSSR count). The molecule has 116 valence electrons. The molecule has 0 unspecified atom stereocenters. The van der Waals surface area contributed by atoms with Gasteiger partial charge < -0.3 is 15.3 Å². The lowest BCUT2D eigenvalue weighted by Crippen LogP contribution is -2.30. The van der Waals surface area contributed by atoms with Gasteiger partial charge in [-0.25, -0.2) is 13.2 Å². The Hall–Kier alpha value is -0.900. The molecule has 1 heterocycles. The Morgan fingerprint density at radius 1 is 1.14 bits per heavy atom. The summed E-state index contributed by atoms with van der Waals surface area (Å²) in [6.45, 7) is -0.601. The van der Waals surface area contributed by atoms with Crippen LogP contribution in [0.3, 0.4) is 0 Å². The summed E-state index contributed by atoms with van der Waals surface area (Å²) in [4.78, 5) is 10.6. The molecule has 2 atom stereocenters. The maximum atomic E-state index is 12.4. The average molecular weight is 356 g/mol. The molecule has 21 heavy (non-hydrogen) atoms. The van der Waals surface area contributed by atoms with Crippen molar-refractivity contribution in [3.8, 4) is 0 Å². The molecule has 1 fully saturated rings. The number of hydrogen-bond donors (Lipinski definition) is 3. The van der Waals surface area contributed by atoms with Crippen molar-refractivity contribution in [1.29, 1.82) is 0 Å². The molecular weight excluding hydrogens is 345 g/mol. The zero-order chi connectivity index (χ0) is 15.9. The van der Waals surface area contributed by atoms with Crippen LogP contribution in [0.5, 0.6) is 0 Å². The predicted octanol–water partition coefficient (Wildman–Crippen LogP) is 0.418. The van der Waals surface area contributed by atoms with Crippen molar-refractivity contribution in [3.63, 3.8) is 0 Å². The zero-order valence-electron chi connectivity index (χ0n) is 10.4. The van der Waals surface area contributed by atoms with E-state index >= 15 is 0 Å². The van der Waals surface area contributed by atoms with E-state index in [-0.39, 0.29) is 23.1 Å². The van der Waals surface area contributed by atoms with Crippen LogP contribution in [0.15, 0.2) is 17.0 Å². The van der Waals surface area contributed by atoms with Gasteiger partial charge in [-0.05, 0) is 12.1 Å². The first-order chi connectivity index (χ1) is 9.64. The number of hydrogen-bond acceptors (Lipinski definition) is 5. The highest BCUT2D eigenvalue weighted by Gasteiger charge is 2.38. The molecule has 1 aromatic rings. The van der Waals surface area contributed by atoms with Crippen molar-refractivity contribution in [3.05, 3.63) is 27.7 Å². The number of benzene rings is 1. The Labute approximate surface area is 130 Å². The number of carbonyl (C=O) groups is 1. The number of nitrogens with zero attached hydrogens (tertiary/aromatic N) is 1. The van der Waals surface area contributed by atoms with Crippen LogP contribution < -0.4 is 0 Å². The van der Waals surface area contributed by atoms with E-state index in [1.807, 2.05) is 0 Å². The molecule has 0 spiro atoms. The molecular formula is C11H11Cl2NO6S. The SMILES string of the molecule is O=C(O)c1cc(S(=O)(=O)N2C[C@@H](O)[C@@H](O)C2)c(Cl)cc1Cl. The van der Waals surface area contributed by atoms with Gasteiger partial charge in [-0.15, -0.1) is 0 Å². The highest BCUT2D eigenvalue weighted by Crippen LogP contribution is 2.32. The van der Waals surface area contributed by atoms with Gasteiger partial charge in [0.25, 0.3) is 0 Å². The van der Waals surface area contributed by atoms with Gasteiger partial charge in [0.2, 0.25) is 10.0 Å².